The molecular weight excluding hydrogens is 667 g/mol. The number of fused-ring (bicyclic) bond motifs is 9. The fourth-order valence-electron chi connectivity index (χ4n) is 8.04. The van der Waals surface area contributed by atoms with Crippen LogP contribution in [-0.4, -0.2) is 4.98 Å². The van der Waals surface area contributed by atoms with Crippen LogP contribution in [0.25, 0.3) is 107 Å². The molecule has 0 atom stereocenters. The van der Waals surface area contributed by atoms with Gasteiger partial charge in [-0.05, 0) is 86.6 Å². The zero-order valence-corrected chi connectivity index (χ0v) is 29.6. The van der Waals surface area contributed by atoms with E-state index in [4.69, 9.17) is 4.98 Å². The number of nitrogens with zero attached hydrogens (tertiary/aromatic N) is 1. The first-order chi connectivity index (χ1) is 25.8. The molecule has 3 aromatic heterocycles. The van der Waals surface area contributed by atoms with E-state index in [0.29, 0.717) is 0 Å². The largest absolute Gasteiger partial charge is 0.248 e. The first-order valence-corrected chi connectivity index (χ1v) is 19.2. The quantitative estimate of drug-likeness (QED) is 0.167. The highest BCUT2D eigenvalue weighted by atomic mass is 32.1. The molecule has 3 heterocycles. The van der Waals surface area contributed by atoms with Crippen molar-refractivity contribution >= 4 is 84.7 Å². The second-order valence-corrected chi connectivity index (χ2v) is 15.6. The van der Waals surface area contributed by atoms with Crippen molar-refractivity contribution in [3.05, 3.63) is 176 Å². The van der Waals surface area contributed by atoms with E-state index >= 15 is 0 Å². The summed E-state index contributed by atoms with van der Waals surface area (Å²) < 4.78 is 5.25. The number of hydrogen-bond acceptors (Lipinski definition) is 3. The van der Waals surface area contributed by atoms with Crippen molar-refractivity contribution in [2.24, 2.45) is 0 Å². The molecule has 0 bridgehead atoms. The topological polar surface area (TPSA) is 12.9 Å². The van der Waals surface area contributed by atoms with Crippen molar-refractivity contribution < 1.29 is 0 Å². The number of aromatic nitrogens is 1. The first kappa shape index (κ1) is 29.6. The van der Waals surface area contributed by atoms with Gasteiger partial charge in [-0.1, -0.05) is 133 Å². The molecule has 0 fully saturated rings. The molecule has 11 rings (SSSR count). The summed E-state index contributed by atoms with van der Waals surface area (Å²) >= 11 is 3.76. The van der Waals surface area contributed by atoms with Gasteiger partial charge in [0.1, 0.15) is 0 Å². The summed E-state index contributed by atoms with van der Waals surface area (Å²) in [4.78, 5) is 5.45. The van der Waals surface area contributed by atoms with Crippen LogP contribution >= 0.6 is 22.7 Å². The maximum Gasteiger partial charge on any atom is 0.0722 e. The predicted octanol–water partition coefficient (Wildman–Crippen LogP) is 14.8. The van der Waals surface area contributed by atoms with Gasteiger partial charge in [-0.2, -0.15) is 0 Å². The summed E-state index contributed by atoms with van der Waals surface area (Å²) in [6.07, 6.45) is 0. The van der Waals surface area contributed by atoms with E-state index in [1.54, 1.807) is 0 Å². The highest BCUT2D eigenvalue weighted by Crippen LogP contribution is 2.45. The lowest BCUT2D eigenvalue weighted by molar-refractivity contribution is 1.40. The van der Waals surface area contributed by atoms with Crippen molar-refractivity contribution in [3.63, 3.8) is 0 Å². The van der Waals surface area contributed by atoms with Crippen molar-refractivity contribution in [2.45, 2.75) is 0 Å². The van der Waals surface area contributed by atoms with E-state index in [1.165, 1.54) is 89.9 Å². The molecule has 0 unspecified atom stereocenters. The molecule has 1 nitrogen and oxygen atoms in total. The van der Waals surface area contributed by atoms with Crippen molar-refractivity contribution in [1.29, 1.82) is 0 Å². The van der Waals surface area contributed by atoms with E-state index in [0.717, 1.165) is 16.8 Å². The van der Waals surface area contributed by atoms with E-state index in [1.807, 2.05) is 22.7 Å². The van der Waals surface area contributed by atoms with Crippen LogP contribution in [0.3, 0.4) is 0 Å². The molecule has 0 amide bonds. The monoisotopic (exact) mass is 695 g/mol. The zero-order valence-electron chi connectivity index (χ0n) is 28.0. The Bertz CT molecular complexity index is 3050. The summed E-state index contributed by atoms with van der Waals surface area (Å²) in [5.41, 5.74) is 10.4. The van der Waals surface area contributed by atoms with Crippen molar-refractivity contribution in [3.8, 4) is 44.6 Å². The Kier molecular flexibility index (Phi) is 6.66. The van der Waals surface area contributed by atoms with Crippen LogP contribution in [-0.2, 0) is 0 Å². The van der Waals surface area contributed by atoms with Crippen molar-refractivity contribution in [2.75, 3.05) is 0 Å². The average Bonchev–Trinajstić information content (AvgIpc) is 3.79. The number of benzene rings is 8. The standard InChI is InChI=1S/C49H29NS2/c1-2-12-30(13-3-1)42-29-44(50-43-25-24-31-14-4-5-15-35(31)47(42)43)34-27-32(36-18-10-20-40-38-16-6-8-22-45(38)51-48(36)40)26-33(28-34)37-19-11-21-41-39-17-7-9-23-46(39)52-49(37)41/h1-29H. The van der Waals surface area contributed by atoms with Crippen LogP contribution in [0.4, 0.5) is 0 Å². The van der Waals surface area contributed by atoms with Gasteiger partial charge < -0.3 is 0 Å². The maximum atomic E-state index is 5.45. The van der Waals surface area contributed by atoms with Gasteiger partial charge in [0.2, 0.25) is 0 Å². The van der Waals surface area contributed by atoms with Crippen LogP contribution in [0.2, 0.25) is 0 Å². The van der Waals surface area contributed by atoms with Gasteiger partial charge >= 0.3 is 0 Å². The summed E-state index contributed by atoms with van der Waals surface area (Å²) in [6, 6.07) is 64.3. The van der Waals surface area contributed by atoms with Crippen LogP contribution in [0.15, 0.2) is 176 Å². The van der Waals surface area contributed by atoms with Gasteiger partial charge in [0.05, 0.1) is 11.2 Å². The normalized spacial score (nSPS) is 11.8. The first-order valence-electron chi connectivity index (χ1n) is 17.6. The summed E-state index contributed by atoms with van der Waals surface area (Å²) in [6.45, 7) is 0. The highest BCUT2D eigenvalue weighted by molar-refractivity contribution is 7.26. The zero-order chi connectivity index (χ0) is 34.2. The van der Waals surface area contributed by atoms with Crippen LogP contribution in [0, 0.1) is 0 Å². The fourth-order valence-corrected chi connectivity index (χ4v) is 10.5. The number of pyridine rings is 1. The molecule has 8 aromatic carbocycles. The Balaban J connectivity index is 1.22. The molecule has 0 aliphatic carbocycles. The van der Waals surface area contributed by atoms with Gasteiger partial charge in [0.15, 0.2) is 0 Å². The summed E-state index contributed by atoms with van der Waals surface area (Å²) in [5.74, 6) is 0. The minimum absolute atomic E-state index is 0.969. The second-order valence-electron chi connectivity index (χ2n) is 13.5. The van der Waals surface area contributed by atoms with E-state index in [-0.39, 0.29) is 0 Å². The molecule has 11 aromatic rings. The minimum Gasteiger partial charge on any atom is -0.248 e. The van der Waals surface area contributed by atoms with Gasteiger partial charge in [-0.25, -0.2) is 4.98 Å². The maximum absolute atomic E-state index is 5.45. The number of rotatable bonds is 4. The molecule has 0 saturated heterocycles. The smallest absolute Gasteiger partial charge is 0.0722 e. The molecule has 0 aliphatic rings. The lowest BCUT2D eigenvalue weighted by atomic mass is 9.91. The molecular formula is C49H29NS2. The third-order valence-electron chi connectivity index (χ3n) is 10.4. The number of hydrogen-bond donors (Lipinski definition) is 0. The van der Waals surface area contributed by atoms with Gasteiger partial charge in [-0.3, -0.25) is 0 Å². The van der Waals surface area contributed by atoms with Crippen LogP contribution in [0.1, 0.15) is 0 Å². The third-order valence-corrected chi connectivity index (χ3v) is 12.9. The third kappa shape index (κ3) is 4.64. The van der Waals surface area contributed by atoms with Crippen LogP contribution in [0.5, 0.6) is 0 Å². The molecule has 0 saturated carbocycles. The van der Waals surface area contributed by atoms with Gasteiger partial charge in [0, 0.05) is 51.3 Å². The Labute approximate surface area is 308 Å². The highest BCUT2D eigenvalue weighted by Gasteiger charge is 2.18. The Morgan fingerprint density at radius 1 is 0.346 bits per heavy atom. The van der Waals surface area contributed by atoms with Gasteiger partial charge in [-0.15, -0.1) is 22.7 Å². The Hall–Kier alpha value is -6.13. The Morgan fingerprint density at radius 3 is 1.54 bits per heavy atom. The molecule has 0 N–H and O–H groups in total. The second kappa shape index (κ2) is 11.7. The number of thiophene rings is 2. The van der Waals surface area contributed by atoms with E-state index < -0.39 is 0 Å². The lowest BCUT2D eigenvalue weighted by Crippen LogP contribution is -1.93. The lowest BCUT2D eigenvalue weighted by Gasteiger charge is -2.15. The molecule has 0 spiro atoms. The van der Waals surface area contributed by atoms with Crippen LogP contribution < -0.4 is 0 Å². The average molecular weight is 696 g/mol. The fraction of sp³-hybridized carbons (Fsp3) is 0. The Morgan fingerprint density at radius 2 is 0.885 bits per heavy atom. The molecule has 52 heavy (non-hydrogen) atoms. The van der Waals surface area contributed by atoms with E-state index in [9.17, 15) is 0 Å². The summed E-state index contributed by atoms with van der Waals surface area (Å²) in [5, 5.41) is 8.87. The molecule has 0 aliphatic heterocycles. The SMILES string of the molecule is c1ccc(-c2cc(-c3cc(-c4cccc5c4sc4ccccc45)cc(-c4cccc5c4sc4ccccc45)c3)nc3ccc4ccccc4c23)cc1. The van der Waals surface area contributed by atoms with Crippen molar-refractivity contribution in [1.82, 2.24) is 4.98 Å². The minimum atomic E-state index is 0.969. The summed E-state index contributed by atoms with van der Waals surface area (Å²) in [7, 11) is 0. The van der Waals surface area contributed by atoms with E-state index in [2.05, 4.69) is 176 Å². The molecule has 3 heteroatoms. The molecule has 242 valence electrons. The predicted molar refractivity (Wildman–Crippen MR) is 227 cm³/mol. The molecule has 0 radical (unpaired) electrons. The van der Waals surface area contributed by atoms with Gasteiger partial charge in [0.25, 0.3) is 0 Å².